The van der Waals surface area contributed by atoms with E-state index in [1.807, 2.05) is 38.2 Å². The van der Waals surface area contributed by atoms with Crippen LogP contribution in [0, 0.1) is 18.3 Å². The zero-order chi connectivity index (χ0) is 21.3. The summed E-state index contributed by atoms with van der Waals surface area (Å²) in [5.41, 5.74) is 5.07. The quantitative estimate of drug-likeness (QED) is 0.474. The summed E-state index contributed by atoms with van der Waals surface area (Å²) in [5, 5.41) is 26.9. The summed E-state index contributed by atoms with van der Waals surface area (Å²) >= 11 is 6.24. The molecule has 0 bridgehead atoms. The van der Waals surface area contributed by atoms with Gasteiger partial charge in [-0.25, -0.2) is 14.5 Å². The molecule has 0 radical (unpaired) electrons. The SMILES string of the molecule is Cc1cc(-c2c(-c3cccc(C#N)c3)nn3ccc(N[C@@H](C)CO)nc23)cc(Cl)n1. The van der Waals surface area contributed by atoms with Crippen molar-refractivity contribution < 1.29 is 5.11 Å². The van der Waals surface area contributed by atoms with Crippen LogP contribution in [0.5, 0.6) is 0 Å². The maximum Gasteiger partial charge on any atom is 0.165 e. The van der Waals surface area contributed by atoms with E-state index in [0.29, 0.717) is 27.9 Å². The highest BCUT2D eigenvalue weighted by Gasteiger charge is 2.19. The van der Waals surface area contributed by atoms with Crippen molar-refractivity contribution in [2.45, 2.75) is 19.9 Å². The zero-order valence-electron chi connectivity index (χ0n) is 16.5. The van der Waals surface area contributed by atoms with Gasteiger partial charge in [0.05, 0.1) is 23.8 Å². The monoisotopic (exact) mass is 418 g/mol. The maximum absolute atomic E-state index is 9.35. The molecule has 3 aromatic heterocycles. The van der Waals surface area contributed by atoms with Crippen molar-refractivity contribution in [1.82, 2.24) is 19.6 Å². The number of aryl methyl sites for hydroxylation is 1. The fourth-order valence-electron chi connectivity index (χ4n) is 3.28. The molecule has 4 aromatic rings. The highest BCUT2D eigenvalue weighted by atomic mass is 35.5. The number of hydrogen-bond acceptors (Lipinski definition) is 6. The summed E-state index contributed by atoms with van der Waals surface area (Å²) in [7, 11) is 0. The molecule has 0 aliphatic carbocycles. The largest absolute Gasteiger partial charge is 0.394 e. The van der Waals surface area contributed by atoms with E-state index < -0.39 is 0 Å². The van der Waals surface area contributed by atoms with Gasteiger partial charge in [0.25, 0.3) is 0 Å². The third-order valence-electron chi connectivity index (χ3n) is 4.63. The molecule has 150 valence electrons. The smallest absolute Gasteiger partial charge is 0.165 e. The fraction of sp³-hybridized carbons (Fsp3) is 0.182. The molecule has 0 aliphatic rings. The molecular formula is C22H19ClN6O. The number of fused-ring (bicyclic) bond motifs is 1. The van der Waals surface area contributed by atoms with Gasteiger partial charge in [0.1, 0.15) is 16.7 Å². The van der Waals surface area contributed by atoms with Crippen LogP contribution in [0.1, 0.15) is 18.2 Å². The standard InChI is InChI=1S/C22H19ClN6O/c1-13-8-17(10-18(23)25-13)20-21(16-5-3-4-15(9-16)11-24)28-29-7-6-19(27-22(20)29)26-14(2)12-30/h3-10,14,30H,12H2,1-2H3,(H,26,27)/t14-/m0/s1. The van der Waals surface area contributed by atoms with Crippen molar-refractivity contribution in [1.29, 1.82) is 5.26 Å². The lowest BCUT2D eigenvalue weighted by molar-refractivity contribution is 0.281. The fourth-order valence-corrected chi connectivity index (χ4v) is 3.53. The van der Waals surface area contributed by atoms with Gasteiger partial charge in [0.2, 0.25) is 0 Å². The normalized spacial score (nSPS) is 12.0. The second-order valence-electron chi connectivity index (χ2n) is 7.05. The summed E-state index contributed by atoms with van der Waals surface area (Å²) in [6.45, 7) is 3.73. The summed E-state index contributed by atoms with van der Waals surface area (Å²) in [4.78, 5) is 8.99. The Labute approximate surface area is 178 Å². The summed E-state index contributed by atoms with van der Waals surface area (Å²) in [5.74, 6) is 0.624. The predicted octanol–water partition coefficient (Wildman–Crippen LogP) is 4.08. The van der Waals surface area contributed by atoms with Crippen LogP contribution in [0.15, 0.2) is 48.7 Å². The summed E-state index contributed by atoms with van der Waals surface area (Å²) in [6.07, 6.45) is 1.81. The third-order valence-corrected chi connectivity index (χ3v) is 4.82. The molecule has 0 unspecified atom stereocenters. The van der Waals surface area contributed by atoms with E-state index in [2.05, 4.69) is 16.4 Å². The Morgan fingerprint density at radius 2 is 2.03 bits per heavy atom. The van der Waals surface area contributed by atoms with Gasteiger partial charge in [0.15, 0.2) is 5.65 Å². The van der Waals surface area contributed by atoms with E-state index in [1.54, 1.807) is 28.8 Å². The van der Waals surface area contributed by atoms with Crippen molar-refractivity contribution in [2.24, 2.45) is 0 Å². The van der Waals surface area contributed by atoms with Gasteiger partial charge in [-0.3, -0.25) is 0 Å². The average Bonchev–Trinajstić information content (AvgIpc) is 3.12. The number of benzene rings is 1. The Kier molecular flexibility index (Phi) is 5.36. The van der Waals surface area contributed by atoms with Gasteiger partial charge in [0, 0.05) is 23.5 Å². The van der Waals surface area contributed by atoms with Crippen LogP contribution in [0.3, 0.4) is 0 Å². The molecule has 0 amide bonds. The van der Waals surface area contributed by atoms with Crippen LogP contribution < -0.4 is 5.32 Å². The molecule has 0 saturated carbocycles. The van der Waals surface area contributed by atoms with E-state index in [9.17, 15) is 10.4 Å². The number of aromatic nitrogens is 4. The van der Waals surface area contributed by atoms with Crippen LogP contribution in [0.4, 0.5) is 5.82 Å². The minimum atomic E-state index is -0.143. The first-order valence-corrected chi connectivity index (χ1v) is 9.78. The average molecular weight is 419 g/mol. The molecule has 1 aromatic carbocycles. The molecule has 0 fully saturated rings. The first kappa shape index (κ1) is 19.8. The molecule has 7 nitrogen and oxygen atoms in total. The second-order valence-corrected chi connectivity index (χ2v) is 7.43. The predicted molar refractivity (Wildman–Crippen MR) is 116 cm³/mol. The molecule has 2 N–H and O–H groups in total. The zero-order valence-corrected chi connectivity index (χ0v) is 17.2. The lowest BCUT2D eigenvalue weighted by atomic mass is 10.00. The number of nitrogens with one attached hydrogen (secondary N) is 1. The van der Waals surface area contributed by atoms with E-state index in [0.717, 1.165) is 22.4 Å². The molecule has 4 rings (SSSR count). The van der Waals surface area contributed by atoms with Crippen LogP contribution in [-0.2, 0) is 0 Å². The first-order chi connectivity index (χ1) is 14.5. The molecule has 8 heteroatoms. The number of pyridine rings is 1. The van der Waals surface area contributed by atoms with E-state index in [-0.39, 0.29) is 12.6 Å². The van der Waals surface area contributed by atoms with Crippen LogP contribution in [0.25, 0.3) is 28.0 Å². The number of aliphatic hydroxyl groups excluding tert-OH is 1. The van der Waals surface area contributed by atoms with Crippen molar-refractivity contribution >= 4 is 23.1 Å². The second kappa shape index (κ2) is 8.11. The van der Waals surface area contributed by atoms with Crippen molar-refractivity contribution in [3.63, 3.8) is 0 Å². The Bertz CT molecular complexity index is 1260. The van der Waals surface area contributed by atoms with Crippen LogP contribution >= 0.6 is 11.6 Å². The van der Waals surface area contributed by atoms with Gasteiger partial charge in [-0.05, 0) is 49.7 Å². The van der Waals surface area contributed by atoms with Gasteiger partial charge in [-0.1, -0.05) is 23.7 Å². The Morgan fingerprint density at radius 3 is 2.77 bits per heavy atom. The maximum atomic E-state index is 9.35. The Balaban J connectivity index is 1.99. The first-order valence-electron chi connectivity index (χ1n) is 9.40. The molecular weight excluding hydrogens is 400 g/mol. The molecule has 3 heterocycles. The summed E-state index contributed by atoms with van der Waals surface area (Å²) < 4.78 is 1.70. The highest BCUT2D eigenvalue weighted by Crippen LogP contribution is 2.36. The minimum absolute atomic E-state index is 0.00958. The molecule has 30 heavy (non-hydrogen) atoms. The highest BCUT2D eigenvalue weighted by molar-refractivity contribution is 6.29. The minimum Gasteiger partial charge on any atom is -0.394 e. The number of hydrogen-bond donors (Lipinski definition) is 2. The van der Waals surface area contributed by atoms with E-state index in [4.69, 9.17) is 21.7 Å². The van der Waals surface area contributed by atoms with Crippen molar-refractivity contribution in [3.8, 4) is 28.5 Å². The number of rotatable bonds is 5. The van der Waals surface area contributed by atoms with E-state index >= 15 is 0 Å². The third kappa shape index (κ3) is 3.83. The number of aliphatic hydroxyl groups is 1. The van der Waals surface area contributed by atoms with Gasteiger partial charge in [-0.2, -0.15) is 10.4 Å². The van der Waals surface area contributed by atoms with Crippen LogP contribution in [-0.4, -0.2) is 37.3 Å². The van der Waals surface area contributed by atoms with E-state index in [1.165, 1.54) is 0 Å². The molecule has 0 aliphatic heterocycles. The molecule has 0 saturated heterocycles. The van der Waals surface area contributed by atoms with Crippen molar-refractivity contribution in [2.75, 3.05) is 11.9 Å². The summed E-state index contributed by atoms with van der Waals surface area (Å²) in [6, 6.07) is 14.8. The number of nitrogens with zero attached hydrogens (tertiary/aromatic N) is 5. The molecule has 1 atom stereocenters. The van der Waals surface area contributed by atoms with Crippen LogP contribution in [0.2, 0.25) is 5.15 Å². The Hall–Kier alpha value is -3.47. The Morgan fingerprint density at radius 1 is 1.20 bits per heavy atom. The lowest BCUT2D eigenvalue weighted by Crippen LogP contribution is -2.20. The van der Waals surface area contributed by atoms with Gasteiger partial charge < -0.3 is 10.4 Å². The van der Waals surface area contributed by atoms with Crippen molar-refractivity contribution in [3.05, 3.63) is 65.1 Å². The van der Waals surface area contributed by atoms with Gasteiger partial charge in [-0.15, -0.1) is 0 Å². The number of anilines is 1. The van der Waals surface area contributed by atoms with Gasteiger partial charge >= 0.3 is 0 Å². The topological polar surface area (TPSA) is 99.1 Å². The number of halogens is 1. The number of nitriles is 1. The lowest BCUT2D eigenvalue weighted by Gasteiger charge is -2.11. The molecule has 0 spiro atoms.